The Hall–Kier alpha value is -2.16. The van der Waals surface area contributed by atoms with Crippen LogP contribution in [0.3, 0.4) is 0 Å². The van der Waals surface area contributed by atoms with E-state index in [-0.39, 0.29) is 0 Å². The minimum Gasteiger partial charge on any atom is -0.288 e. The molecule has 0 saturated heterocycles. The molecule has 0 bridgehead atoms. The van der Waals surface area contributed by atoms with Crippen molar-refractivity contribution in [3.63, 3.8) is 0 Å². The first-order valence-corrected chi connectivity index (χ1v) is 5.25. The average molecular weight is 229 g/mol. The van der Waals surface area contributed by atoms with Gasteiger partial charge in [0, 0.05) is 16.7 Å². The fraction of sp³-hybridized carbons (Fsp3) is 0.143. The number of allylic oxidation sites excluding steroid dienone is 4. The molecule has 1 heterocycles. The van der Waals surface area contributed by atoms with Crippen LogP contribution in [-0.4, -0.2) is 11.8 Å². The van der Waals surface area contributed by atoms with Gasteiger partial charge in [0.15, 0.2) is 0 Å². The van der Waals surface area contributed by atoms with Crippen molar-refractivity contribution >= 4 is 11.8 Å². The summed E-state index contributed by atoms with van der Waals surface area (Å²) in [4.78, 5) is 23.4. The summed E-state index contributed by atoms with van der Waals surface area (Å²) >= 11 is 0. The van der Waals surface area contributed by atoms with Gasteiger partial charge in [-0.3, -0.25) is 14.9 Å². The van der Waals surface area contributed by atoms with E-state index >= 15 is 0 Å². The molecular weight excluding hydrogens is 214 g/mol. The van der Waals surface area contributed by atoms with Gasteiger partial charge in [-0.25, -0.2) is 0 Å². The van der Waals surface area contributed by atoms with Gasteiger partial charge >= 0.3 is 0 Å². The van der Waals surface area contributed by atoms with Crippen LogP contribution in [0.5, 0.6) is 0 Å². The summed E-state index contributed by atoms with van der Waals surface area (Å²) in [6.45, 7) is 10.9. The number of carbonyl (C=O) groups excluding carboxylic acids is 2. The van der Waals surface area contributed by atoms with E-state index in [4.69, 9.17) is 0 Å². The van der Waals surface area contributed by atoms with E-state index in [1.54, 1.807) is 6.08 Å². The van der Waals surface area contributed by atoms with Gasteiger partial charge in [0.1, 0.15) is 0 Å². The lowest BCUT2D eigenvalue weighted by Gasteiger charge is -2.20. The van der Waals surface area contributed by atoms with Gasteiger partial charge in [0.05, 0.1) is 0 Å². The summed E-state index contributed by atoms with van der Waals surface area (Å²) in [5.74, 6) is -0.820. The summed E-state index contributed by atoms with van der Waals surface area (Å²) < 4.78 is 0. The van der Waals surface area contributed by atoms with Crippen molar-refractivity contribution in [3.05, 3.63) is 59.8 Å². The number of rotatable bonds is 3. The van der Waals surface area contributed by atoms with Gasteiger partial charge in [-0.15, -0.1) is 0 Å². The second-order valence-corrected chi connectivity index (χ2v) is 3.56. The Kier molecular flexibility index (Phi) is 3.99. The molecule has 88 valence electrons. The standard InChI is InChI=1S/C14H15NO2/c1-5-8-11-12(9(4)6-2)10(7-3)13(16)15-14(11)17/h5-8H,1,3H2,2,4H3,(H,15,16,17)/b9-6-,11-8+. The van der Waals surface area contributed by atoms with Gasteiger partial charge in [-0.05, 0) is 25.5 Å². The second kappa shape index (κ2) is 5.25. The van der Waals surface area contributed by atoms with E-state index in [9.17, 15) is 9.59 Å². The Morgan fingerprint density at radius 3 is 2.35 bits per heavy atom. The number of carbonyl (C=O) groups is 2. The molecule has 2 amide bonds. The quantitative estimate of drug-likeness (QED) is 0.595. The van der Waals surface area contributed by atoms with Crippen LogP contribution in [0.15, 0.2) is 59.8 Å². The number of hydrogen-bond donors (Lipinski definition) is 1. The highest BCUT2D eigenvalue weighted by atomic mass is 16.2. The van der Waals surface area contributed by atoms with Crippen molar-refractivity contribution in [2.45, 2.75) is 13.8 Å². The molecule has 0 aliphatic carbocycles. The molecule has 1 aliphatic rings. The zero-order valence-corrected chi connectivity index (χ0v) is 10.0. The Balaban J connectivity index is 3.59. The molecule has 0 unspecified atom stereocenters. The zero-order valence-electron chi connectivity index (χ0n) is 10.0. The third kappa shape index (κ3) is 2.33. The van der Waals surface area contributed by atoms with Crippen molar-refractivity contribution in [3.8, 4) is 0 Å². The van der Waals surface area contributed by atoms with Crippen LogP contribution < -0.4 is 5.32 Å². The molecule has 1 N–H and O–H groups in total. The monoisotopic (exact) mass is 229 g/mol. The SMILES string of the molecule is C=C/C=C1/C(=O)NC(=O)C(C=C)=C1/C(C)=C\C. The van der Waals surface area contributed by atoms with Crippen molar-refractivity contribution in [2.24, 2.45) is 0 Å². The molecule has 0 aromatic heterocycles. The topological polar surface area (TPSA) is 46.2 Å². The van der Waals surface area contributed by atoms with E-state index in [1.807, 2.05) is 19.9 Å². The highest BCUT2D eigenvalue weighted by molar-refractivity contribution is 6.18. The maximum atomic E-state index is 11.7. The van der Waals surface area contributed by atoms with Crippen LogP contribution >= 0.6 is 0 Å². The van der Waals surface area contributed by atoms with Gasteiger partial charge in [0.25, 0.3) is 11.8 Å². The van der Waals surface area contributed by atoms with E-state index in [2.05, 4.69) is 18.5 Å². The van der Waals surface area contributed by atoms with Crippen molar-refractivity contribution in [1.82, 2.24) is 5.32 Å². The van der Waals surface area contributed by atoms with Gasteiger partial charge in [-0.2, -0.15) is 0 Å². The predicted molar refractivity (Wildman–Crippen MR) is 68.1 cm³/mol. The minimum atomic E-state index is -0.414. The largest absolute Gasteiger partial charge is 0.288 e. The van der Waals surface area contributed by atoms with Crippen LogP contribution in [-0.2, 0) is 9.59 Å². The summed E-state index contributed by atoms with van der Waals surface area (Å²) in [5.41, 5.74) is 2.32. The highest BCUT2D eigenvalue weighted by Gasteiger charge is 2.28. The highest BCUT2D eigenvalue weighted by Crippen LogP contribution is 2.27. The van der Waals surface area contributed by atoms with E-state index < -0.39 is 11.8 Å². The molecular formula is C14H15NO2. The Morgan fingerprint density at radius 2 is 1.88 bits per heavy atom. The molecule has 0 atom stereocenters. The summed E-state index contributed by atoms with van der Waals surface area (Å²) in [6.07, 6.45) is 6.42. The second-order valence-electron chi connectivity index (χ2n) is 3.56. The molecule has 0 saturated carbocycles. The van der Waals surface area contributed by atoms with E-state index in [0.717, 1.165) is 5.57 Å². The van der Waals surface area contributed by atoms with E-state index in [1.165, 1.54) is 12.2 Å². The van der Waals surface area contributed by atoms with Crippen molar-refractivity contribution in [2.75, 3.05) is 0 Å². The summed E-state index contributed by atoms with van der Waals surface area (Å²) in [5, 5.41) is 2.27. The lowest BCUT2D eigenvalue weighted by molar-refractivity contribution is -0.126. The van der Waals surface area contributed by atoms with Crippen LogP contribution in [0, 0.1) is 0 Å². The molecule has 1 rings (SSSR count). The molecule has 0 radical (unpaired) electrons. The first kappa shape index (κ1) is 12.9. The average Bonchev–Trinajstić information content (AvgIpc) is 2.31. The first-order chi connectivity index (χ1) is 8.06. The first-order valence-electron chi connectivity index (χ1n) is 5.25. The molecule has 3 heteroatoms. The van der Waals surface area contributed by atoms with Crippen LogP contribution in [0.4, 0.5) is 0 Å². The molecule has 1 aliphatic heterocycles. The summed E-state index contributed by atoms with van der Waals surface area (Å²) in [6, 6.07) is 0. The van der Waals surface area contributed by atoms with E-state index in [0.29, 0.717) is 16.7 Å². The van der Waals surface area contributed by atoms with Crippen LogP contribution in [0.1, 0.15) is 13.8 Å². The summed E-state index contributed by atoms with van der Waals surface area (Å²) in [7, 11) is 0. The number of amides is 2. The van der Waals surface area contributed by atoms with Gasteiger partial charge in [-0.1, -0.05) is 31.4 Å². The molecule has 0 fully saturated rings. The normalized spacial score (nSPS) is 19.4. The predicted octanol–water partition coefficient (Wildman–Crippen LogP) is 2.20. The third-order valence-corrected chi connectivity index (χ3v) is 2.57. The number of imide groups is 1. The number of nitrogens with one attached hydrogen (secondary N) is 1. The Bertz CT molecular complexity index is 490. The number of hydrogen-bond acceptors (Lipinski definition) is 2. The molecule has 0 aromatic rings. The fourth-order valence-electron chi connectivity index (χ4n) is 1.65. The van der Waals surface area contributed by atoms with Crippen LogP contribution in [0.2, 0.25) is 0 Å². The molecule has 17 heavy (non-hydrogen) atoms. The molecule has 3 nitrogen and oxygen atoms in total. The molecule has 0 spiro atoms. The maximum absolute atomic E-state index is 11.7. The van der Waals surface area contributed by atoms with Gasteiger partial charge in [0.2, 0.25) is 0 Å². The smallest absolute Gasteiger partial charge is 0.258 e. The van der Waals surface area contributed by atoms with Crippen molar-refractivity contribution < 1.29 is 9.59 Å². The Morgan fingerprint density at radius 1 is 1.24 bits per heavy atom. The fourth-order valence-corrected chi connectivity index (χ4v) is 1.65. The molecule has 0 aromatic carbocycles. The minimum absolute atomic E-state index is 0.406. The lowest BCUT2D eigenvalue weighted by atomic mass is 9.89. The lowest BCUT2D eigenvalue weighted by Crippen LogP contribution is -2.38. The third-order valence-electron chi connectivity index (χ3n) is 2.57. The van der Waals surface area contributed by atoms with Gasteiger partial charge < -0.3 is 0 Å². The van der Waals surface area contributed by atoms with Crippen LogP contribution in [0.25, 0.3) is 0 Å². The van der Waals surface area contributed by atoms with Crippen molar-refractivity contribution in [1.29, 1.82) is 0 Å². The maximum Gasteiger partial charge on any atom is 0.258 e. The Labute approximate surface area is 101 Å². The zero-order chi connectivity index (χ0) is 13.0.